The first-order chi connectivity index (χ1) is 17.7. The minimum Gasteiger partial charge on any atom is -0.497 e. The molecule has 0 amide bonds. The average Bonchev–Trinajstić information content (AvgIpc) is 3.56. The number of pyridine rings is 1. The molecule has 180 valence electrons. The normalized spacial score (nSPS) is 11.5. The molecule has 0 saturated heterocycles. The fraction of sp³-hybridized carbons (Fsp3) is 0.103. The second-order valence-corrected chi connectivity index (χ2v) is 8.08. The summed E-state index contributed by atoms with van der Waals surface area (Å²) in [6, 6.07) is 19.5. The summed E-state index contributed by atoms with van der Waals surface area (Å²) in [4.78, 5) is 7.56. The van der Waals surface area contributed by atoms with Crippen LogP contribution in [0.4, 0.5) is 0 Å². The average molecular weight is 479 g/mol. The molecule has 2 aromatic carbocycles. The highest BCUT2D eigenvalue weighted by atomic mass is 16.5. The van der Waals surface area contributed by atoms with E-state index < -0.39 is 0 Å². The fourth-order valence-electron chi connectivity index (χ4n) is 3.82. The van der Waals surface area contributed by atoms with Gasteiger partial charge in [-0.2, -0.15) is 5.10 Å². The second kappa shape index (κ2) is 10.7. The number of benzene rings is 2. The van der Waals surface area contributed by atoms with Crippen molar-refractivity contribution in [1.29, 1.82) is 0 Å². The first-order valence-corrected chi connectivity index (χ1v) is 11.5. The van der Waals surface area contributed by atoms with Gasteiger partial charge >= 0.3 is 0 Å². The summed E-state index contributed by atoms with van der Waals surface area (Å²) >= 11 is 0. The number of fused-ring (bicyclic) bond motifs is 1. The van der Waals surface area contributed by atoms with Crippen molar-refractivity contribution in [3.8, 4) is 17.2 Å². The van der Waals surface area contributed by atoms with Crippen LogP contribution in [0.1, 0.15) is 28.2 Å². The van der Waals surface area contributed by atoms with Gasteiger partial charge in [-0.3, -0.25) is 10.1 Å². The van der Waals surface area contributed by atoms with E-state index in [1.54, 1.807) is 20.4 Å². The van der Waals surface area contributed by atoms with Gasteiger partial charge in [0.2, 0.25) is 0 Å². The zero-order valence-corrected chi connectivity index (χ0v) is 20.1. The molecule has 3 aromatic heterocycles. The maximum absolute atomic E-state index is 5.85. The first kappa shape index (κ1) is 23.0. The number of nitrogens with zero attached hydrogens (tertiary/aromatic N) is 2. The van der Waals surface area contributed by atoms with Crippen LogP contribution in [0.5, 0.6) is 17.2 Å². The van der Waals surface area contributed by atoms with Crippen molar-refractivity contribution in [2.45, 2.75) is 6.61 Å². The number of ether oxygens (including phenoxy) is 3. The molecule has 0 saturated carbocycles. The third kappa shape index (κ3) is 5.31. The summed E-state index contributed by atoms with van der Waals surface area (Å²) in [7, 11) is 3.32. The second-order valence-electron chi connectivity index (χ2n) is 8.08. The highest BCUT2D eigenvalue weighted by Crippen LogP contribution is 2.27. The van der Waals surface area contributed by atoms with Crippen molar-refractivity contribution in [2.75, 3.05) is 14.2 Å². The number of hydrogen-bond donors (Lipinski definition) is 2. The first-order valence-electron chi connectivity index (χ1n) is 11.5. The lowest BCUT2D eigenvalue weighted by Crippen LogP contribution is -1.98. The molecule has 0 fully saturated rings. The van der Waals surface area contributed by atoms with Gasteiger partial charge in [0, 0.05) is 34.9 Å². The van der Waals surface area contributed by atoms with Gasteiger partial charge in [-0.05, 0) is 72.3 Å². The number of methoxy groups -OCH3 is 2. The SMILES string of the molecule is COc1ccc2[nH]cc(C=Cc3cc(C=Cc4ccc(OCc5ccccn5)cc4OC)[nH]n3)c2c1. The summed E-state index contributed by atoms with van der Waals surface area (Å²) in [6.07, 6.45) is 11.7. The predicted molar refractivity (Wildman–Crippen MR) is 143 cm³/mol. The summed E-state index contributed by atoms with van der Waals surface area (Å²) < 4.78 is 16.8. The Kier molecular flexibility index (Phi) is 6.80. The lowest BCUT2D eigenvalue weighted by molar-refractivity contribution is 0.299. The zero-order chi connectivity index (χ0) is 24.7. The van der Waals surface area contributed by atoms with Crippen LogP contribution in [0.15, 0.2) is 73.1 Å². The van der Waals surface area contributed by atoms with Crippen molar-refractivity contribution < 1.29 is 14.2 Å². The molecule has 0 aliphatic carbocycles. The maximum Gasteiger partial charge on any atom is 0.130 e. The molecule has 7 heteroatoms. The van der Waals surface area contributed by atoms with E-state index in [4.69, 9.17) is 14.2 Å². The fourth-order valence-corrected chi connectivity index (χ4v) is 3.82. The molecule has 0 aliphatic rings. The molecule has 0 atom stereocenters. The zero-order valence-electron chi connectivity index (χ0n) is 20.1. The van der Waals surface area contributed by atoms with Crippen LogP contribution in [0, 0.1) is 0 Å². The Balaban J connectivity index is 1.26. The van der Waals surface area contributed by atoms with Gasteiger partial charge in [0.1, 0.15) is 23.9 Å². The Bertz CT molecular complexity index is 1520. The van der Waals surface area contributed by atoms with Crippen molar-refractivity contribution in [1.82, 2.24) is 20.2 Å². The number of rotatable bonds is 9. The third-order valence-corrected chi connectivity index (χ3v) is 5.73. The highest BCUT2D eigenvalue weighted by molar-refractivity contribution is 5.92. The molecule has 0 spiro atoms. The van der Waals surface area contributed by atoms with Crippen LogP contribution in [-0.4, -0.2) is 34.4 Å². The van der Waals surface area contributed by atoms with Crippen LogP contribution >= 0.6 is 0 Å². The molecule has 5 aromatic rings. The topological polar surface area (TPSA) is 85.0 Å². The molecule has 0 unspecified atom stereocenters. The maximum atomic E-state index is 5.85. The Morgan fingerprint density at radius 2 is 1.72 bits per heavy atom. The quantitative estimate of drug-likeness (QED) is 0.263. The Hall–Kier alpha value is -4.78. The van der Waals surface area contributed by atoms with Crippen molar-refractivity contribution in [3.05, 3.63) is 101 Å². The van der Waals surface area contributed by atoms with Crippen LogP contribution in [0.25, 0.3) is 35.2 Å². The molecule has 0 radical (unpaired) electrons. The van der Waals surface area contributed by atoms with Crippen molar-refractivity contribution in [3.63, 3.8) is 0 Å². The minimum atomic E-state index is 0.399. The van der Waals surface area contributed by atoms with Crippen LogP contribution in [0.3, 0.4) is 0 Å². The van der Waals surface area contributed by atoms with Crippen LogP contribution < -0.4 is 14.2 Å². The third-order valence-electron chi connectivity index (χ3n) is 5.73. The molecule has 0 aliphatic heterocycles. The standard InChI is InChI=1S/C29H26N4O3/c1-34-25-12-13-28-27(16-25)21(18-31-28)7-10-23-15-22(32-33-23)9-6-20-8-11-26(17-29(20)35-2)36-19-24-5-3-4-14-30-24/h3-18,31H,19H2,1-2H3,(H,32,33). The van der Waals surface area contributed by atoms with Gasteiger partial charge in [-0.1, -0.05) is 12.1 Å². The summed E-state index contributed by atoms with van der Waals surface area (Å²) in [6.45, 7) is 0.399. The van der Waals surface area contributed by atoms with E-state index in [0.717, 1.165) is 56.4 Å². The van der Waals surface area contributed by atoms with E-state index in [-0.39, 0.29) is 0 Å². The molecule has 7 nitrogen and oxygen atoms in total. The molecular weight excluding hydrogens is 452 g/mol. The van der Waals surface area contributed by atoms with Gasteiger partial charge in [0.05, 0.1) is 31.3 Å². The van der Waals surface area contributed by atoms with Crippen molar-refractivity contribution in [2.24, 2.45) is 0 Å². The Morgan fingerprint density at radius 1 is 0.833 bits per heavy atom. The van der Waals surface area contributed by atoms with E-state index in [0.29, 0.717) is 6.61 Å². The van der Waals surface area contributed by atoms with Crippen LogP contribution in [-0.2, 0) is 6.61 Å². The number of hydrogen-bond acceptors (Lipinski definition) is 5. The van der Waals surface area contributed by atoms with Crippen LogP contribution in [0.2, 0.25) is 0 Å². The lowest BCUT2D eigenvalue weighted by Gasteiger charge is -2.09. The molecule has 0 bridgehead atoms. The summed E-state index contributed by atoms with van der Waals surface area (Å²) in [5.74, 6) is 2.27. The van der Waals surface area contributed by atoms with Gasteiger partial charge in [-0.15, -0.1) is 0 Å². The van der Waals surface area contributed by atoms with E-state index >= 15 is 0 Å². The monoisotopic (exact) mass is 478 g/mol. The lowest BCUT2D eigenvalue weighted by atomic mass is 10.1. The largest absolute Gasteiger partial charge is 0.497 e. The number of aromatic amines is 2. The Morgan fingerprint density at radius 3 is 2.56 bits per heavy atom. The number of nitrogens with one attached hydrogen (secondary N) is 2. The summed E-state index contributed by atoms with van der Waals surface area (Å²) in [5.41, 5.74) is 5.64. The van der Waals surface area contributed by atoms with Gasteiger partial charge in [0.15, 0.2) is 0 Å². The van der Waals surface area contributed by atoms with Gasteiger partial charge in [0.25, 0.3) is 0 Å². The van der Waals surface area contributed by atoms with E-state index in [9.17, 15) is 0 Å². The number of aromatic nitrogens is 4. The molecule has 5 rings (SSSR count). The molecular formula is C29H26N4O3. The predicted octanol–water partition coefficient (Wildman–Crippen LogP) is 6.22. The Labute approximate surface area is 209 Å². The van der Waals surface area contributed by atoms with Gasteiger partial charge in [-0.25, -0.2) is 0 Å². The minimum absolute atomic E-state index is 0.399. The van der Waals surface area contributed by atoms with Crippen molar-refractivity contribution >= 4 is 35.2 Å². The molecule has 36 heavy (non-hydrogen) atoms. The van der Waals surface area contributed by atoms with E-state index in [2.05, 4.69) is 20.2 Å². The molecule has 2 N–H and O–H groups in total. The van der Waals surface area contributed by atoms with E-state index in [1.165, 1.54) is 0 Å². The number of H-pyrrole nitrogens is 2. The summed E-state index contributed by atoms with van der Waals surface area (Å²) in [5, 5.41) is 8.55. The molecule has 3 heterocycles. The smallest absolute Gasteiger partial charge is 0.130 e. The van der Waals surface area contributed by atoms with E-state index in [1.807, 2.05) is 91.2 Å². The highest BCUT2D eigenvalue weighted by Gasteiger charge is 2.05. The van der Waals surface area contributed by atoms with Gasteiger partial charge < -0.3 is 19.2 Å².